The van der Waals surface area contributed by atoms with Crippen molar-refractivity contribution < 1.29 is 13.2 Å². The van der Waals surface area contributed by atoms with Crippen molar-refractivity contribution in [3.63, 3.8) is 0 Å². The van der Waals surface area contributed by atoms with Crippen LogP contribution in [0.25, 0.3) is 5.65 Å². The Morgan fingerprint density at radius 3 is 2.32 bits per heavy atom. The van der Waals surface area contributed by atoms with Crippen molar-refractivity contribution in [3.05, 3.63) is 52.2 Å². The number of fused-ring (bicyclic) bond motifs is 1. The lowest BCUT2D eigenvalue weighted by atomic mass is 10.1. The zero-order valence-electron chi connectivity index (χ0n) is 12.0. The summed E-state index contributed by atoms with van der Waals surface area (Å²) in [7, 11) is 0. The van der Waals surface area contributed by atoms with Gasteiger partial charge in [-0.3, -0.25) is 4.40 Å². The Hall–Kier alpha value is -2.75. The molecule has 1 aromatic carbocycles. The molecule has 0 atom stereocenters. The highest BCUT2D eigenvalue weighted by molar-refractivity contribution is 7.99. The van der Waals surface area contributed by atoms with Gasteiger partial charge in [0, 0.05) is 6.20 Å². The van der Waals surface area contributed by atoms with E-state index >= 15 is 0 Å². The summed E-state index contributed by atoms with van der Waals surface area (Å²) in [6.07, 6.45) is -3.77. The van der Waals surface area contributed by atoms with Gasteiger partial charge in [-0.15, -0.1) is 10.2 Å². The summed E-state index contributed by atoms with van der Waals surface area (Å²) >= 11 is 6.74. The van der Waals surface area contributed by atoms with Crippen LogP contribution < -0.4 is 0 Å². The van der Waals surface area contributed by atoms with Gasteiger partial charge in [0.25, 0.3) is 0 Å². The second-order valence-electron chi connectivity index (χ2n) is 4.76. The molecular weight excluding hydrogens is 375 g/mol. The molecule has 0 saturated heterocycles. The summed E-state index contributed by atoms with van der Waals surface area (Å²) in [6.45, 7) is 0. The predicted molar refractivity (Wildman–Crippen MR) is 83.0 cm³/mol. The molecule has 3 aromatic rings. The van der Waals surface area contributed by atoms with Crippen molar-refractivity contribution in [1.29, 1.82) is 10.5 Å². The molecule has 0 spiro atoms. The van der Waals surface area contributed by atoms with E-state index in [1.807, 2.05) is 12.1 Å². The monoisotopic (exact) mass is 379 g/mol. The highest BCUT2D eigenvalue weighted by Crippen LogP contribution is 2.36. The van der Waals surface area contributed by atoms with E-state index in [9.17, 15) is 23.7 Å². The van der Waals surface area contributed by atoms with Gasteiger partial charge in [0.2, 0.25) is 5.16 Å². The van der Waals surface area contributed by atoms with Crippen molar-refractivity contribution in [2.75, 3.05) is 0 Å². The first-order valence-electron chi connectivity index (χ1n) is 6.57. The van der Waals surface area contributed by atoms with Crippen LogP contribution >= 0.6 is 23.4 Å². The normalized spacial score (nSPS) is 11.3. The maximum atomic E-state index is 13.0. The van der Waals surface area contributed by atoms with Crippen LogP contribution in [-0.2, 0) is 6.18 Å². The number of nitriles is 2. The molecule has 0 radical (unpaired) electrons. The first-order valence-corrected chi connectivity index (χ1v) is 7.77. The number of hydrogen-bond donors (Lipinski definition) is 0. The highest BCUT2D eigenvalue weighted by atomic mass is 35.5. The molecule has 5 nitrogen and oxygen atoms in total. The molecule has 0 fully saturated rings. The van der Waals surface area contributed by atoms with Crippen LogP contribution in [0.5, 0.6) is 0 Å². The molecule has 10 heteroatoms. The molecule has 0 bridgehead atoms. The Balaban J connectivity index is 2.18. The fourth-order valence-electron chi connectivity index (χ4n) is 2.07. The SMILES string of the molecule is N#Cc1cccc(C#N)c1Sc1nnc2c(Cl)cc(C(F)(F)F)cn12. The van der Waals surface area contributed by atoms with Crippen molar-refractivity contribution in [2.45, 2.75) is 16.2 Å². The topological polar surface area (TPSA) is 77.8 Å². The highest BCUT2D eigenvalue weighted by Gasteiger charge is 2.32. The van der Waals surface area contributed by atoms with E-state index in [0.717, 1.165) is 28.4 Å². The summed E-state index contributed by atoms with van der Waals surface area (Å²) in [6, 6.07) is 9.20. The van der Waals surface area contributed by atoms with Crippen LogP contribution in [-0.4, -0.2) is 14.6 Å². The lowest BCUT2D eigenvalue weighted by Crippen LogP contribution is -2.07. The number of alkyl halides is 3. The smallest absolute Gasteiger partial charge is 0.275 e. The minimum atomic E-state index is -4.59. The van der Waals surface area contributed by atoms with Crippen molar-refractivity contribution >= 4 is 29.0 Å². The first-order chi connectivity index (χ1) is 11.8. The van der Waals surface area contributed by atoms with E-state index in [1.54, 1.807) is 6.07 Å². The third-order valence-electron chi connectivity index (χ3n) is 3.21. The van der Waals surface area contributed by atoms with Crippen LogP contribution in [0, 0.1) is 22.7 Å². The summed E-state index contributed by atoms with van der Waals surface area (Å²) in [5, 5.41) is 25.8. The second-order valence-corrected chi connectivity index (χ2v) is 6.14. The maximum absolute atomic E-state index is 13.0. The van der Waals surface area contributed by atoms with Crippen LogP contribution in [0.2, 0.25) is 5.02 Å². The Kier molecular flexibility index (Phi) is 4.29. The number of rotatable bonds is 2. The van der Waals surface area contributed by atoms with Gasteiger partial charge in [0.15, 0.2) is 5.65 Å². The van der Waals surface area contributed by atoms with Crippen LogP contribution in [0.4, 0.5) is 13.2 Å². The van der Waals surface area contributed by atoms with Gasteiger partial charge < -0.3 is 0 Å². The number of benzene rings is 1. The van der Waals surface area contributed by atoms with Gasteiger partial charge in [0.1, 0.15) is 12.1 Å². The first kappa shape index (κ1) is 17.1. The van der Waals surface area contributed by atoms with E-state index in [1.165, 1.54) is 12.1 Å². The molecule has 0 aliphatic rings. The average molecular weight is 380 g/mol. The van der Waals surface area contributed by atoms with Gasteiger partial charge >= 0.3 is 6.18 Å². The molecule has 0 amide bonds. The average Bonchev–Trinajstić information content (AvgIpc) is 2.98. The predicted octanol–water partition coefficient (Wildman–Crippen LogP) is 4.30. The molecule has 2 heterocycles. The fraction of sp³-hybridized carbons (Fsp3) is 0.0667. The largest absolute Gasteiger partial charge is 0.417 e. The summed E-state index contributed by atoms with van der Waals surface area (Å²) < 4.78 is 40.1. The quantitative estimate of drug-likeness (QED) is 0.663. The van der Waals surface area contributed by atoms with Gasteiger partial charge in [-0.05, 0) is 30.0 Å². The lowest BCUT2D eigenvalue weighted by Gasteiger charge is -2.09. The zero-order valence-corrected chi connectivity index (χ0v) is 13.6. The van der Waals surface area contributed by atoms with Gasteiger partial charge in [-0.1, -0.05) is 17.7 Å². The lowest BCUT2D eigenvalue weighted by molar-refractivity contribution is -0.137. The van der Waals surface area contributed by atoms with E-state index in [4.69, 9.17) is 11.6 Å². The summed E-state index contributed by atoms with van der Waals surface area (Å²) in [4.78, 5) is 0.287. The summed E-state index contributed by atoms with van der Waals surface area (Å²) in [5.41, 5.74) is -0.497. The zero-order chi connectivity index (χ0) is 18.2. The minimum absolute atomic E-state index is 0.0464. The Morgan fingerprint density at radius 2 is 1.76 bits per heavy atom. The van der Waals surface area contributed by atoms with E-state index < -0.39 is 11.7 Å². The molecular formula is C15H5ClF3N5S. The number of pyridine rings is 1. The van der Waals surface area contributed by atoms with E-state index in [-0.39, 0.29) is 31.8 Å². The van der Waals surface area contributed by atoms with Crippen LogP contribution in [0.15, 0.2) is 40.5 Å². The Morgan fingerprint density at radius 1 is 1.12 bits per heavy atom. The summed E-state index contributed by atoms with van der Waals surface area (Å²) in [5.74, 6) is 0. The standard InChI is InChI=1S/C15H5ClF3N5S/c16-11-4-10(15(17,18)19)7-24-13(11)22-23-14(24)25-12-8(5-20)2-1-3-9(12)6-21/h1-4,7H. The van der Waals surface area contributed by atoms with Crippen LogP contribution in [0.3, 0.4) is 0 Å². The minimum Gasteiger partial charge on any atom is -0.275 e. The second kappa shape index (κ2) is 6.28. The molecule has 25 heavy (non-hydrogen) atoms. The van der Waals surface area contributed by atoms with Crippen LogP contribution in [0.1, 0.15) is 16.7 Å². The molecule has 124 valence electrons. The van der Waals surface area contributed by atoms with Crippen molar-refractivity contribution in [3.8, 4) is 12.1 Å². The fourth-order valence-corrected chi connectivity index (χ4v) is 3.27. The van der Waals surface area contributed by atoms with Gasteiger partial charge in [-0.25, -0.2) is 0 Å². The maximum Gasteiger partial charge on any atom is 0.417 e. The number of aromatic nitrogens is 3. The van der Waals surface area contributed by atoms with Crippen molar-refractivity contribution in [1.82, 2.24) is 14.6 Å². The third kappa shape index (κ3) is 3.12. The number of hydrogen-bond acceptors (Lipinski definition) is 5. The van der Waals surface area contributed by atoms with E-state index in [0.29, 0.717) is 0 Å². The molecule has 0 aliphatic heterocycles. The molecule has 0 unspecified atom stereocenters. The van der Waals surface area contributed by atoms with E-state index in [2.05, 4.69) is 10.2 Å². The molecule has 0 aliphatic carbocycles. The Labute approximate surface area is 148 Å². The Bertz CT molecular complexity index is 1030. The molecule has 3 rings (SSSR count). The number of nitrogens with zero attached hydrogens (tertiary/aromatic N) is 5. The third-order valence-corrected chi connectivity index (χ3v) is 4.59. The number of halogens is 4. The molecule has 0 N–H and O–H groups in total. The van der Waals surface area contributed by atoms with Gasteiger partial charge in [-0.2, -0.15) is 23.7 Å². The molecule has 2 aromatic heterocycles. The van der Waals surface area contributed by atoms with Crippen molar-refractivity contribution in [2.24, 2.45) is 0 Å². The van der Waals surface area contributed by atoms with Gasteiger partial charge in [0.05, 0.1) is 26.6 Å². The molecule has 0 saturated carbocycles.